The first-order valence-corrected chi connectivity index (χ1v) is 4.53. The molecule has 2 heteroatoms. The van der Waals surface area contributed by atoms with Gasteiger partial charge in [0.2, 0.25) is 0 Å². The SMILES string of the molecule is C1CCC1.O=C(O)C1CCC1. The van der Waals surface area contributed by atoms with Crippen LogP contribution in [-0.4, -0.2) is 11.1 Å². The second kappa shape index (κ2) is 4.37. The van der Waals surface area contributed by atoms with Gasteiger partial charge in [0.05, 0.1) is 5.92 Å². The molecule has 2 aliphatic carbocycles. The molecule has 2 rings (SSSR count). The van der Waals surface area contributed by atoms with Crippen LogP contribution < -0.4 is 0 Å². The molecule has 0 aliphatic heterocycles. The monoisotopic (exact) mass is 156 g/mol. The van der Waals surface area contributed by atoms with Crippen LogP contribution in [0.15, 0.2) is 0 Å². The normalized spacial score (nSPS) is 22.2. The number of carboxylic acid groups (broad SMARTS) is 1. The van der Waals surface area contributed by atoms with Crippen molar-refractivity contribution in [2.75, 3.05) is 0 Å². The third-order valence-electron chi connectivity index (χ3n) is 2.45. The van der Waals surface area contributed by atoms with Gasteiger partial charge in [-0.15, -0.1) is 0 Å². The lowest BCUT2D eigenvalue weighted by atomic mass is 9.86. The van der Waals surface area contributed by atoms with Gasteiger partial charge in [-0.25, -0.2) is 0 Å². The summed E-state index contributed by atoms with van der Waals surface area (Å²) in [5.41, 5.74) is 0. The molecule has 1 N–H and O–H groups in total. The van der Waals surface area contributed by atoms with Crippen LogP contribution in [0.2, 0.25) is 0 Å². The molecule has 64 valence electrons. The summed E-state index contributed by atoms with van der Waals surface area (Å²) in [5.74, 6) is -0.619. The van der Waals surface area contributed by atoms with E-state index < -0.39 is 5.97 Å². The maximum absolute atomic E-state index is 9.98. The number of hydrogen-bond donors (Lipinski definition) is 1. The molecule has 0 heterocycles. The van der Waals surface area contributed by atoms with Gasteiger partial charge >= 0.3 is 5.97 Å². The van der Waals surface area contributed by atoms with Gasteiger partial charge in [0.1, 0.15) is 0 Å². The average Bonchev–Trinajstić information content (AvgIpc) is 1.49. The highest BCUT2D eigenvalue weighted by atomic mass is 16.4. The smallest absolute Gasteiger partial charge is 0.306 e. The topological polar surface area (TPSA) is 37.3 Å². The Balaban J connectivity index is 0.000000128. The first-order valence-electron chi connectivity index (χ1n) is 4.53. The van der Waals surface area contributed by atoms with Crippen LogP contribution in [0, 0.1) is 5.92 Å². The van der Waals surface area contributed by atoms with Crippen molar-refractivity contribution in [1.82, 2.24) is 0 Å². The standard InChI is InChI=1S/C5H8O2.C4H8/c6-5(7)4-2-1-3-4;1-2-4-3-1/h4H,1-3H2,(H,6,7);1-4H2. The minimum absolute atomic E-state index is 0.000000000000000444. The Bertz CT molecular complexity index is 120. The first kappa shape index (κ1) is 8.57. The average molecular weight is 156 g/mol. The van der Waals surface area contributed by atoms with Crippen molar-refractivity contribution in [3.63, 3.8) is 0 Å². The van der Waals surface area contributed by atoms with Crippen molar-refractivity contribution >= 4 is 5.97 Å². The molecular formula is C9H16O2. The van der Waals surface area contributed by atoms with Crippen molar-refractivity contribution in [1.29, 1.82) is 0 Å². The summed E-state index contributed by atoms with van der Waals surface area (Å²) in [6.45, 7) is 0. The second-order valence-electron chi connectivity index (χ2n) is 3.38. The summed E-state index contributed by atoms with van der Waals surface area (Å²) in [5, 5.41) is 8.23. The van der Waals surface area contributed by atoms with Crippen LogP contribution in [0.3, 0.4) is 0 Å². The number of hydrogen-bond acceptors (Lipinski definition) is 1. The highest BCUT2D eigenvalue weighted by molar-refractivity contribution is 5.70. The second-order valence-corrected chi connectivity index (χ2v) is 3.38. The summed E-state index contributed by atoms with van der Waals surface area (Å²) in [4.78, 5) is 9.98. The van der Waals surface area contributed by atoms with Crippen LogP contribution in [0.5, 0.6) is 0 Å². The Morgan fingerprint density at radius 2 is 1.45 bits per heavy atom. The van der Waals surface area contributed by atoms with Gasteiger partial charge in [-0.3, -0.25) is 4.79 Å². The van der Waals surface area contributed by atoms with E-state index in [9.17, 15) is 4.79 Å². The molecule has 2 aliphatic rings. The van der Waals surface area contributed by atoms with Crippen LogP contribution in [-0.2, 0) is 4.79 Å². The van der Waals surface area contributed by atoms with Crippen LogP contribution in [0.4, 0.5) is 0 Å². The van der Waals surface area contributed by atoms with Crippen molar-refractivity contribution < 1.29 is 9.90 Å². The van der Waals surface area contributed by atoms with Crippen LogP contribution in [0.1, 0.15) is 44.9 Å². The van der Waals surface area contributed by atoms with Crippen LogP contribution in [0.25, 0.3) is 0 Å². The number of aliphatic carboxylic acids is 1. The maximum atomic E-state index is 9.98. The van der Waals surface area contributed by atoms with Gasteiger partial charge in [0.15, 0.2) is 0 Å². The Labute approximate surface area is 67.6 Å². The minimum atomic E-state index is -0.619. The Kier molecular flexibility index (Phi) is 3.40. The fraction of sp³-hybridized carbons (Fsp3) is 0.889. The van der Waals surface area contributed by atoms with E-state index in [1.54, 1.807) is 0 Å². The molecule has 11 heavy (non-hydrogen) atoms. The number of carboxylic acids is 1. The van der Waals surface area contributed by atoms with Gasteiger partial charge in [-0.1, -0.05) is 32.1 Å². The molecule has 0 spiro atoms. The summed E-state index contributed by atoms with van der Waals surface area (Å²) in [6, 6.07) is 0. The molecule has 0 amide bonds. The molecule has 0 aromatic heterocycles. The number of rotatable bonds is 1. The van der Waals surface area contributed by atoms with Crippen LogP contribution >= 0.6 is 0 Å². The van der Waals surface area contributed by atoms with Gasteiger partial charge in [0, 0.05) is 0 Å². The minimum Gasteiger partial charge on any atom is -0.481 e. The first-order chi connectivity index (χ1) is 5.30. The van der Waals surface area contributed by atoms with Gasteiger partial charge < -0.3 is 5.11 Å². The summed E-state index contributed by atoms with van der Waals surface area (Å²) in [7, 11) is 0. The molecule has 0 atom stereocenters. The highest BCUT2D eigenvalue weighted by Crippen LogP contribution is 2.25. The van der Waals surface area contributed by atoms with Gasteiger partial charge in [-0.2, -0.15) is 0 Å². The van der Waals surface area contributed by atoms with Crippen molar-refractivity contribution in [3.05, 3.63) is 0 Å². The molecule has 0 radical (unpaired) electrons. The fourth-order valence-corrected chi connectivity index (χ4v) is 0.905. The summed E-state index contributed by atoms with van der Waals surface area (Å²) < 4.78 is 0. The van der Waals surface area contributed by atoms with Gasteiger partial charge in [-0.05, 0) is 12.8 Å². The maximum Gasteiger partial charge on any atom is 0.306 e. The van der Waals surface area contributed by atoms with E-state index in [1.165, 1.54) is 25.7 Å². The van der Waals surface area contributed by atoms with Crippen molar-refractivity contribution in [2.24, 2.45) is 5.92 Å². The molecule has 2 saturated carbocycles. The molecule has 0 aromatic carbocycles. The quantitative estimate of drug-likeness (QED) is 0.633. The highest BCUT2D eigenvalue weighted by Gasteiger charge is 2.23. The largest absolute Gasteiger partial charge is 0.481 e. The van der Waals surface area contributed by atoms with E-state index >= 15 is 0 Å². The third kappa shape index (κ3) is 2.91. The van der Waals surface area contributed by atoms with E-state index in [-0.39, 0.29) is 5.92 Å². The molecule has 0 aromatic rings. The zero-order valence-corrected chi connectivity index (χ0v) is 6.88. The third-order valence-corrected chi connectivity index (χ3v) is 2.45. The van der Waals surface area contributed by atoms with Crippen molar-refractivity contribution in [2.45, 2.75) is 44.9 Å². The lowest BCUT2D eigenvalue weighted by molar-refractivity contribution is -0.144. The summed E-state index contributed by atoms with van der Waals surface area (Å²) >= 11 is 0. The molecular weight excluding hydrogens is 140 g/mol. The molecule has 2 nitrogen and oxygen atoms in total. The summed E-state index contributed by atoms with van der Waals surface area (Å²) in [6.07, 6.45) is 8.90. The lowest BCUT2D eigenvalue weighted by Crippen LogP contribution is -2.20. The van der Waals surface area contributed by atoms with E-state index in [0.717, 1.165) is 19.3 Å². The molecule has 0 unspecified atom stereocenters. The predicted octanol–water partition coefficient (Wildman–Crippen LogP) is 2.43. The zero-order chi connectivity index (χ0) is 8.10. The van der Waals surface area contributed by atoms with E-state index in [1.807, 2.05) is 0 Å². The van der Waals surface area contributed by atoms with Crippen molar-refractivity contribution in [3.8, 4) is 0 Å². The molecule has 0 saturated heterocycles. The number of carbonyl (C=O) groups is 1. The lowest BCUT2D eigenvalue weighted by Gasteiger charge is -2.19. The fourth-order valence-electron chi connectivity index (χ4n) is 0.905. The Morgan fingerprint density at radius 3 is 1.45 bits per heavy atom. The van der Waals surface area contributed by atoms with Gasteiger partial charge in [0.25, 0.3) is 0 Å². The molecule has 0 bridgehead atoms. The predicted molar refractivity (Wildman–Crippen MR) is 43.4 cm³/mol. The van der Waals surface area contributed by atoms with E-state index in [0.29, 0.717) is 0 Å². The Morgan fingerprint density at radius 1 is 1.00 bits per heavy atom. The van der Waals surface area contributed by atoms with E-state index in [2.05, 4.69) is 0 Å². The Hall–Kier alpha value is -0.530. The van der Waals surface area contributed by atoms with E-state index in [4.69, 9.17) is 5.11 Å². The zero-order valence-electron chi connectivity index (χ0n) is 6.88. The molecule has 2 fully saturated rings.